The maximum absolute atomic E-state index is 13.3. The van der Waals surface area contributed by atoms with Crippen molar-refractivity contribution in [2.75, 3.05) is 19.3 Å². The summed E-state index contributed by atoms with van der Waals surface area (Å²) in [4.78, 5) is 21.8. The molecule has 2 aliphatic rings. The minimum Gasteiger partial charge on any atom is -0.480 e. The van der Waals surface area contributed by atoms with E-state index in [2.05, 4.69) is 9.97 Å². The lowest BCUT2D eigenvalue weighted by atomic mass is 10.1. The second kappa shape index (κ2) is 8.07. The number of rotatable bonds is 5. The van der Waals surface area contributed by atoms with E-state index in [-0.39, 0.29) is 29.7 Å². The van der Waals surface area contributed by atoms with Gasteiger partial charge in [-0.2, -0.15) is 26.3 Å². The number of alkyl halides is 6. The third-order valence-electron chi connectivity index (χ3n) is 6.20. The number of aromatic nitrogens is 2. The highest BCUT2D eigenvalue weighted by Crippen LogP contribution is 2.58. The summed E-state index contributed by atoms with van der Waals surface area (Å²) < 4.78 is 107. The van der Waals surface area contributed by atoms with Crippen LogP contribution in [0.2, 0.25) is 0 Å². The molecule has 1 amide bonds. The van der Waals surface area contributed by atoms with Crippen LogP contribution in [0.3, 0.4) is 0 Å². The third-order valence-corrected chi connectivity index (χ3v) is 7.31. The van der Waals surface area contributed by atoms with Crippen LogP contribution in [0.1, 0.15) is 35.2 Å². The lowest BCUT2D eigenvalue weighted by Gasteiger charge is -2.24. The molecule has 2 aromatic rings. The lowest BCUT2D eigenvalue weighted by Crippen LogP contribution is -2.35. The van der Waals surface area contributed by atoms with E-state index in [1.165, 1.54) is 4.90 Å². The van der Waals surface area contributed by atoms with Gasteiger partial charge in [0.2, 0.25) is 0 Å². The Hall–Kier alpha value is -2.90. The SMILES string of the molecule is C[C@H](Oc1ccc(S(C)(=O)=O)cc1C(=O)N1CC2CC2(c2nccc(C(F)(F)F)n2)C1)C(F)(F)F. The Morgan fingerprint density at radius 1 is 1.20 bits per heavy atom. The second-order valence-corrected chi connectivity index (χ2v) is 10.8. The first kappa shape index (κ1) is 25.2. The maximum Gasteiger partial charge on any atom is 0.433 e. The molecule has 1 aliphatic heterocycles. The molecule has 0 bridgehead atoms. The molecule has 0 spiro atoms. The minimum atomic E-state index is -4.74. The van der Waals surface area contributed by atoms with Crippen molar-refractivity contribution in [1.29, 1.82) is 0 Å². The molecule has 190 valence electrons. The Bertz CT molecular complexity index is 1280. The third kappa shape index (κ3) is 4.80. The van der Waals surface area contributed by atoms with Gasteiger partial charge in [0.1, 0.15) is 17.3 Å². The van der Waals surface area contributed by atoms with E-state index >= 15 is 0 Å². The normalized spacial score (nSPS) is 23.1. The Morgan fingerprint density at radius 2 is 1.89 bits per heavy atom. The molecule has 0 radical (unpaired) electrons. The first-order chi connectivity index (χ1) is 16.0. The van der Waals surface area contributed by atoms with E-state index in [0.717, 1.165) is 43.6 Å². The average Bonchev–Trinajstić information content (AvgIpc) is 3.32. The van der Waals surface area contributed by atoms with Gasteiger partial charge in [0.05, 0.1) is 15.9 Å². The number of carbonyl (C=O) groups excluding carboxylic acids is 1. The first-order valence-corrected chi connectivity index (χ1v) is 12.2. The molecule has 1 aliphatic carbocycles. The van der Waals surface area contributed by atoms with Gasteiger partial charge in [0, 0.05) is 25.5 Å². The van der Waals surface area contributed by atoms with Gasteiger partial charge in [0.15, 0.2) is 15.9 Å². The molecular formula is C21H19F6N3O4S. The van der Waals surface area contributed by atoms with Crippen LogP contribution in [-0.4, -0.2) is 60.8 Å². The standard InChI is InChI=1S/C21H19F6N3O4S/c1-11(20(22,23)24)34-15-4-3-13(35(2,32)33)7-14(15)17(31)30-9-12-8-19(12,10-30)18-28-6-5-16(29-18)21(25,26)27/h3-7,11-12H,8-10H2,1-2H3/t11-,12?,19?/m0/s1. The van der Waals surface area contributed by atoms with E-state index in [9.17, 15) is 39.6 Å². The highest BCUT2D eigenvalue weighted by atomic mass is 32.2. The summed E-state index contributed by atoms with van der Waals surface area (Å²) in [6.07, 6.45) is -9.40. The summed E-state index contributed by atoms with van der Waals surface area (Å²) >= 11 is 0. The fourth-order valence-electron chi connectivity index (χ4n) is 4.18. The van der Waals surface area contributed by atoms with E-state index in [0.29, 0.717) is 6.42 Å². The van der Waals surface area contributed by atoms with Crippen LogP contribution >= 0.6 is 0 Å². The number of benzene rings is 1. The molecule has 35 heavy (non-hydrogen) atoms. The molecule has 14 heteroatoms. The van der Waals surface area contributed by atoms with Crippen molar-refractivity contribution in [1.82, 2.24) is 14.9 Å². The van der Waals surface area contributed by atoms with Gasteiger partial charge in [-0.25, -0.2) is 18.4 Å². The number of nitrogens with zero attached hydrogens (tertiary/aromatic N) is 3. The number of amides is 1. The van der Waals surface area contributed by atoms with Crippen LogP contribution in [0.25, 0.3) is 0 Å². The molecular weight excluding hydrogens is 504 g/mol. The van der Waals surface area contributed by atoms with Crippen molar-refractivity contribution in [3.8, 4) is 5.75 Å². The summed E-state index contributed by atoms with van der Waals surface area (Å²) in [5, 5.41) is 0. The number of carbonyl (C=O) groups is 1. The largest absolute Gasteiger partial charge is 0.480 e. The van der Waals surface area contributed by atoms with Crippen molar-refractivity contribution in [2.24, 2.45) is 5.92 Å². The van der Waals surface area contributed by atoms with E-state index < -0.39 is 56.6 Å². The molecule has 2 fully saturated rings. The quantitative estimate of drug-likeness (QED) is 0.556. The van der Waals surface area contributed by atoms with Gasteiger partial charge >= 0.3 is 12.4 Å². The number of hydrogen-bond acceptors (Lipinski definition) is 6. The summed E-state index contributed by atoms with van der Waals surface area (Å²) in [6, 6.07) is 3.68. The number of piperidine rings is 1. The van der Waals surface area contributed by atoms with E-state index in [4.69, 9.17) is 4.74 Å². The fourth-order valence-corrected chi connectivity index (χ4v) is 4.83. The molecule has 2 unspecified atom stereocenters. The van der Waals surface area contributed by atoms with Gasteiger partial charge < -0.3 is 9.64 Å². The van der Waals surface area contributed by atoms with Gasteiger partial charge in [0.25, 0.3) is 5.91 Å². The number of fused-ring (bicyclic) bond motifs is 1. The van der Waals surface area contributed by atoms with Gasteiger partial charge in [-0.05, 0) is 43.5 Å². The lowest BCUT2D eigenvalue weighted by molar-refractivity contribution is -0.189. The van der Waals surface area contributed by atoms with Gasteiger partial charge in [-0.1, -0.05) is 0 Å². The maximum atomic E-state index is 13.3. The number of likely N-dealkylation sites (tertiary alicyclic amines) is 1. The number of sulfone groups is 1. The predicted molar refractivity (Wildman–Crippen MR) is 108 cm³/mol. The minimum absolute atomic E-state index is 0.0697. The Labute approximate surface area is 196 Å². The van der Waals surface area contributed by atoms with Crippen molar-refractivity contribution < 1.29 is 44.3 Å². The summed E-state index contributed by atoms with van der Waals surface area (Å²) in [7, 11) is -3.81. The zero-order valence-electron chi connectivity index (χ0n) is 18.3. The van der Waals surface area contributed by atoms with Crippen LogP contribution in [-0.2, 0) is 21.4 Å². The number of hydrogen-bond donors (Lipinski definition) is 0. The average molecular weight is 523 g/mol. The second-order valence-electron chi connectivity index (χ2n) is 8.74. The van der Waals surface area contributed by atoms with Crippen molar-refractivity contribution in [3.63, 3.8) is 0 Å². The Kier molecular flexibility index (Phi) is 5.81. The number of ether oxygens (including phenoxy) is 1. The topological polar surface area (TPSA) is 89.5 Å². The van der Waals surface area contributed by atoms with Crippen LogP contribution in [0.4, 0.5) is 26.3 Å². The Balaban J connectivity index is 1.65. The molecule has 0 N–H and O–H groups in total. The monoisotopic (exact) mass is 523 g/mol. The van der Waals surface area contributed by atoms with Crippen LogP contribution < -0.4 is 4.74 Å². The fraction of sp³-hybridized carbons (Fsp3) is 0.476. The van der Waals surface area contributed by atoms with Crippen molar-refractivity contribution >= 4 is 15.7 Å². The molecule has 2 heterocycles. The zero-order valence-corrected chi connectivity index (χ0v) is 19.1. The van der Waals surface area contributed by atoms with Crippen molar-refractivity contribution in [3.05, 3.63) is 47.5 Å². The van der Waals surface area contributed by atoms with Crippen molar-refractivity contribution in [2.45, 2.75) is 42.1 Å². The number of halogens is 6. The molecule has 1 saturated carbocycles. The smallest absolute Gasteiger partial charge is 0.433 e. The van der Waals surface area contributed by atoms with Crippen LogP contribution in [0.15, 0.2) is 35.4 Å². The van der Waals surface area contributed by atoms with Gasteiger partial charge in [-0.15, -0.1) is 0 Å². The summed E-state index contributed by atoms with van der Waals surface area (Å²) in [5.41, 5.74) is -2.43. The van der Waals surface area contributed by atoms with Crippen LogP contribution in [0.5, 0.6) is 5.75 Å². The summed E-state index contributed by atoms with van der Waals surface area (Å²) in [5.74, 6) is -1.58. The Morgan fingerprint density at radius 3 is 2.49 bits per heavy atom. The molecule has 3 atom stereocenters. The molecule has 7 nitrogen and oxygen atoms in total. The highest BCUT2D eigenvalue weighted by molar-refractivity contribution is 7.90. The molecule has 4 rings (SSSR count). The molecule has 1 aromatic heterocycles. The van der Waals surface area contributed by atoms with Crippen LogP contribution in [0, 0.1) is 5.92 Å². The predicted octanol–water partition coefficient (Wildman–Crippen LogP) is 3.64. The molecule has 1 aromatic carbocycles. The summed E-state index contributed by atoms with van der Waals surface area (Å²) in [6.45, 7) is 0.759. The first-order valence-electron chi connectivity index (χ1n) is 10.3. The highest BCUT2D eigenvalue weighted by Gasteiger charge is 2.64. The zero-order chi connectivity index (χ0) is 26.0. The van der Waals surface area contributed by atoms with E-state index in [1.807, 2.05) is 0 Å². The van der Waals surface area contributed by atoms with Gasteiger partial charge in [-0.3, -0.25) is 4.79 Å². The molecule has 1 saturated heterocycles. The van der Waals surface area contributed by atoms with E-state index in [1.54, 1.807) is 0 Å².